The predicted molar refractivity (Wildman–Crippen MR) is 147 cm³/mol. The Kier molecular flexibility index (Phi) is 5.25. The van der Waals surface area contributed by atoms with Crippen molar-refractivity contribution in [2.24, 2.45) is 11.8 Å². The van der Waals surface area contributed by atoms with Gasteiger partial charge in [-0.25, -0.2) is 4.90 Å². The Morgan fingerprint density at radius 1 is 1.00 bits per heavy atom. The number of aliphatic hydroxyl groups excluding tert-OH is 1. The maximum Gasteiger partial charge on any atom is 0.240 e. The molecule has 208 valence electrons. The van der Waals surface area contributed by atoms with Gasteiger partial charge < -0.3 is 19.3 Å². The number of hydrogen-bond acceptors (Lipinski definition) is 8. The normalized spacial score (nSPS) is 30.9. The molecule has 0 saturated carbocycles. The van der Waals surface area contributed by atoms with E-state index in [-0.39, 0.29) is 31.1 Å². The highest BCUT2D eigenvalue weighted by molar-refractivity contribution is 6.26. The van der Waals surface area contributed by atoms with Crippen molar-refractivity contribution in [2.75, 3.05) is 11.5 Å². The lowest BCUT2D eigenvalue weighted by Crippen LogP contribution is -2.49. The predicted octanol–water partition coefficient (Wildman–Crippen LogP) is 3.93. The highest BCUT2D eigenvalue weighted by Crippen LogP contribution is 2.62. The van der Waals surface area contributed by atoms with E-state index in [0.29, 0.717) is 39.1 Å². The topological polar surface area (TPSA) is 126 Å². The van der Waals surface area contributed by atoms with Gasteiger partial charge in [0.25, 0.3) is 0 Å². The lowest BCUT2D eigenvalue weighted by molar-refractivity contribution is -0.134. The van der Waals surface area contributed by atoms with Crippen LogP contribution < -0.4 is 14.4 Å². The third-order valence-electron chi connectivity index (χ3n) is 9.29. The summed E-state index contributed by atoms with van der Waals surface area (Å²) in [5.74, 6) is -1.81. The van der Waals surface area contributed by atoms with Gasteiger partial charge in [-0.1, -0.05) is 30.3 Å². The van der Waals surface area contributed by atoms with E-state index < -0.39 is 40.7 Å². The summed E-state index contributed by atoms with van der Waals surface area (Å²) in [6, 6.07) is 17.8. The Morgan fingerprint density at radius 2 is 1.73 bits per heavy atom. The van der Waals surface area contributed by atoms with Crippen molar-refractivity contribution in [3.8, 4) is 17.6 Å². The van der Waals surface area contributed by atoms with E-state index in [1.54, 1.807) is 75.4 Å². The van der Waals surface area contributed by atoms with E-state index in [0.717, 1.165) is 0 Å². The minimum Gasteiger partial charge on any atom is -0.490 e. The number of aliphatic hydroxyl groups is 1. The minimum absolute atomic E-state index is 0.113. The van der Waals surface area contributed by atoms with Gasteiger partial charge in [0.1, 0.15) is 5.60 Å². The first-order valence-corrected chi connectivity index (χ1v) is 13.7. The molecule has 1 N–H and O–H groups in total. The zero-order chi connectivity index (χ0) is 28.9. The summed E-state index contributed by atoms with van der Waals surface area (Å²) >= 11 is 0. The maximum atomic E-state index is 14.1. The number of nitriles is 1. The molecule has 0 unspecified atom stereocenters. The van der Waals surface area contributed by atoms with Crippen molar-refractivity contribution in [1.29, 1.82) is 5.26 Å². The molecule has 9 nitrogen and oxygen atoms in total. The first-order valence-electron chi connectivity index (χ1n) is 13.7. The van der Waals surface area contributed by atoms with Gasteiger partial charge in [-0.05, 0) is 45.0 Å². The molecule has 41 heavy (non-hydrogen) atoms. The smallest absolute Gasteiger partial charge is 0.240 e. The van der Waals surface area contributed by atoms with Gasteiger partial charge in [-0.3, -0.25) is 14.4 Å². The molecule has 9 heteroatoms. The van der Waals surface area contributed by atoms with Crippen LogP contribution in [0.2, 0.25) is 0 Å². The Morgan fingerprint density at radius 3 is 2.49 bits per heavy atom. The molecule has 0 radical (unpaired) electrons. The monoisotopic (exact) mass is 552 g/mol. The summed E-state index contributed by atoms with van der Waals surface area (Å²) < 4.78 is 18.4. The number of fused-ring (bicyclic) bond motifs is 7. The van der Waals surface area contributed by atoms with Crippen LogP contribution >= 0.6 is 0 Å². The fourth-order valence-electron chi connectivity index (χ4n) is 7.31. The summed E-state index contributed by atoms with van der Waals surface area (Å²) in [6.45, 7) is 5.22. The average molecular weight is 553 g/mol. The number of nitrogens with zero attached hydrogens (tertiary/aromatic N) is 2. The van der Waals surface area contributed by atoms with Crippen LogP contribution in [0.1, 0.15) is 49.5 Å². The standard InChI is InChI=1S/C32H28N2O7/c1-30(2)27(36)20-9-6-10-22(26(20)40-30)39-14-13-32-15-23(35)31(3,41-32)24-25(32)29(38)34(28(24)37)21-12-11-17(16-33)18-7-4-5-8-19(18)21/h4-12,23-25,35H,13-15H2,1-3H3/t23-,24-,25+,31-,32+/m0/s1. The van der Waals surface area contributed by atoms with Crippen molar-refractivity contribution in [2.45, 2.75) is 56.5 Å². The molecule has 3 fully saturated rings. The van der Waals surface area contributed by atoms with Gasteiger partial charge in [0, 0.05) is 23.6 Å². The van der Waals surface area contributed by atoms with Crippen molar-refractivity contribution < 1.29 is 33.7 Å². The van der Waals surface area contributed by atoms with Gasteiger partial charge in [0.05, 0.1) is 53.0 Å². The first kappa shape index (κ1) is 25.7. The third kappa shape index (κ3) is 3.32. The van der Waals surface area contributed by atoms with E-state index in [4.69, 9.17) is 14.2 Å². The molecule has 7 rings (SSSR count). The Hall–Kier alpha value is -4.26. The quantitative estimate of drug-likeness (QED) is 0.472. The minimum atomic E-state index is -1.23. The number of rotatable bonds is 5. The van der Waals surface area contributed by atoms with E-state index in [9.17, 15) is 24.8 Å². The molecule has 0 spiro atoms. The summed E-state index contributed by atoms with van der Waals surface area (Å²) in [4.78, 5) is 42.0. The fraction of sp³-hybridized carbons (Fsp3) is 0.375. The number of amides is 2. The van der Waals surface area contributed by atoms with E-state index >= 15 is 0 Å². The van der Waals surface area contributed by atoms with Crippen molar-refractivity contribution in [1.82, 2.24) is 0 Å². The fourth-order valence-corrected chi connectivity index (χ4v) is 7.31. The van der Waals surface area contributed by atoms with E-state index in [1.807, 2.05) is 0 Å². The van der Waals surface area contributed by atoms with Crippen LogP contribution in [0.3, 0.4) is 0 Å². The van der Waals surface area contributed by atoms with Crippen molar-refractivity contribution in [3.63, 3.8) is 0 Å². The van der Waals surface area contributed by atoms with Crippen LogP contribution in [-0.2, 0) is 14.3 Å². The van der Waals surface area contributed by atoms with Crippen LogP contribution in [-0.4, -0.2) is 52.2 Å². The largest absolute Gasteiger partial charge is 0.490 e. The van der Waals surface area contributed by atoms with E-state index in [2.05, 4.69) is 6.07 Å². The van der Waals surface area contributed by atoms with Gasteiger partial charge in [0.2, 0.25) is 17.6 Å². The SMILES string of the molecule is CC1(C)Oc2c(OCC[C@]34C[C@H](O)[C@](C)(O3)[C@@H]3C(=O)N(c5ccc(C#N)c6ccccc56)C(=O)[C@@H]34)cccc2C1=O. The van der Waals surface area contributed by atoms with Gasteiger partial charge in [-0.15, -0.1) is 0 Å². The lowest BCUT2D eigenvalue weighted by atomic mass is 9.66. The second-order valence-electron chi connectivity index (χ2n) is 12.0. The van der Waals surface area contributed by atoms with Crippen LogP contribution in [0, 0.1) is 23.2 Å². The maximum absolute atomic E-state index is 14.1. The zero-order valence-electron chi connectivity index (χ0n) is 22.8. The van der Waals surface area contributed by atoms with Crippen LogP contribution in [0.15, 0.2) is 54.6 Å². The molecule has 3 aromatic carbocycles. The molecule has 3 aromatic rings. The van der Waals surface area contributed by atoms with Gasteiger partial charge >= 0.3 is 0 Å². The molecule has 4 heterocycles. The summed E-state index contributed by atoms with van der Waals surface area (Å²) in [5, 5.41) is 21.9. The van der Waals surface area contributed by atoms with E-state index in [1.165, 1.54) is 4.90 Å². The summed E-state index contributed by atoms with van der Waals surface area (Å²) in [5.41, 5.74) is -2.02. The number of anilines is 1. The molecule has 5 atom stereocenters. The molecule has 2 amide bonds. The number of ether oxygens (including phenoxy) is 3. The molecule has 4 aliphatic rings. The number of hydrogen-bond donors (Lipinski definition) is 1. The van der Waals surface area contributed by atoms with Crippen molar-refractivity contribution in [3.05, 3.63) is 65.7 Å². The molecule has 2 bridgehead atoms. The number of carbonyl (C=O) groups excluding carboxylic acids is 3. The third-order valence-corrected chi connectivity index (χ3v) is 9.29. The summed E-state index contributed by atoms with van der Waals surface area (Å²) in [6.07, 6.45) is -0.520. The molecule has 0 aromatic heterocycles. The average Bonchev–Trinajstić information content (AvgIpc) is 3.56. The second-order valence-corrected chi connectivity index (χ2v) is 12.0. The Bertz CT molecular complexity index is 1720. The highest BCUT2D eigenvalue weighted by atomic mass is 16.6. The lowest BCUT2D eigenvalue weighted by Gasteiger charge is -2.33. The zero-order valence-corrected chi connectivity index (χ0v) is 22.8. The number of para-hydroxylation sites is 1. The highest BCUT2D eigenvalue weighted by Gasteiger charge is 2.77. The summed E-state index contributed by atoms with van der Waals surface area (Å²) in [7, 11) is 0. The molecular weight excluding hydrogens is 524 g/mol. The Balaban J connectivity index is 1.21. The molecule has 3 saturated heterocycles. The Labute approximate surface area is 236 Å². The van der Waals surface area contributed by atoms with Crippen LogP contribution in [0.4, 0.5) is 5.69 Å². The molecule has 0 aliphatic carbocycles. The van der Waals surface area contributed by atoms with Crippen LogP contribution in [0.5, 0.6) is 11.5 Å². The molecule has 4 aliphatic heterocycles. The first-order chi connectivity index (χ1) is 19.5. The van der Waals surface area contributed by atoms with Gasteiger partial charge in [-0.2, -0.15) is 5.26 Å². The molecular formula is C32H28N2O7. The number of carbonyl (C=O) groups is 3. The number of benzene rings is 3. The second kappa shape index (κ2) is 8.38. The van der Waals surface area contributed by atoms with Crippen molar-refractivity contribution >= 4 is 34.1 Å². The number of ketones is 1. The van der Waals surface area contributed by atoms with Gasteiger partial charge in [0.15, 0.2) is 17.1 Å². The van der Waals surface area contributed by atoms with Crippen LogP contribution in [0.25, 0.3) is 10.8 Å². The number of Topliss-reactive ketones (excluding diaryl/α,β-unsaturated/α-hetero) is 1. The number of imide groups is 1.